The second-order valence-electron chi connectivity index (χ2n) is 6.17. The van der Waals surface area contributed by atoms with Crippen LogP contribution in [0.25, 0.3) is 0 Å². The molecule has 0 spiro atoms. The summed E-state index contributed by atoms with van der Waals surface area (Å²) < 4.78 is 32.7. The third-order valence-corrected chi connectivity index (χ3v) is 5.94. The predicted molar refractivity (Wildman–Crippen MR) is 93.6 cm³/mol. The van der Waals surface area contributed by atoms with E-state index in [0.29, 0.717) is 5.69 Å². The summed E-state index contributed by atoms with van der Waals surface area (Å²) in [6.45, 7) is 3.78. The van der Waals surface area contributed by atoms with Gasteiger partial charge in [0.25, 0.3) is 10.0 Å². The fraction of sp³-hybridized carbons (Fsp3) is 0.278. The maximum atomic E-state index is 13.1. The van der Waals surface area contributed by atoms with E-state index in [1.807, 2.05) is 13.8 Å². The molecule has 0 saturated heterocycles. The predicted octanol–water partition coefficient (Wildman–Crippen LogP) is 2.85. The van der Waals surface area contributed by atoms with E-state index in [4.69, 9.17) is 4.74 Å². The number of sulfonamides is 1. The number of ether oxygens (including phenoxy) is 1. The molecule has 0 saturated carbocycles. The standard InChI is InChI=1S/C18H19NO5S/c1-12(2)13-7-9-14(10-8-13)25(22,23)19-11-17(18(20)21)24-16-6-4-3-5-15(16)19/h3-10,12,17H,11H2,1-2H3,(H,20,21)/t17-/m0/s1. The van der Waals surface area contributed by atoms with E-state index in [-0.39, 0.29) is 23.1 Å². The van der Waals surface area contributed by atoms with Crippen LogP contribution in [0.4, 0.5) is 5.69 Å². The van der Waals surface area contributed by atoms with Crippen LogP contribution in [-0.2, 0) is 14.8 Å². The average molecular weight is 361 g/mol. The van der Waals surface area contributed by atoms with Crippen LogP contribution in [-0.4, -0.2) is 32.1 Å². The van der Waals surface area contributed by atoms with E-state index >= 15 is 0 Å². The summed E-state index contributed by atoms with van der Waals surface area (Å²) in [6, 6.07) is 13.2. The first-order chi connectivity index (χ1) is 11.8. The SMILES string of the molecule is CC(C)c1ccc(S(=O)(=O)N2C[C@@H](C(=O)O)Oc3ccccc32)cc1. The normalized spacial score (nSPS) is 17.1. The Balaban J connectivity index is 2.05. The van der Waals surface area contributed by atoms with Crippen LogP contribution >= 0.6 is 0 Å². The molecule has 0 fully saturated rings. The zero-order valence-electron chi connectivity index (χ0n) is 13.9. The summed E-state index contributed by atoms with van der Waals surface area (Å²) in [5.41, 5.74) is 1.37. The Morgan fingerprint density at radius 1 is 1.16 bits per heavy atom. The number of rotatable bonds is 4. The van der Waals surface area contributed by atoms with Gasteiger partial charge in [-0.1, -0.05) is 38.1 Å². The van der Waals surface area contributed by atoms with Gasteiger partial charge in [-0.3, -0.25) is 4.31 Å². The molecule has 1 aliphatic heterocycles. The summed E-state index contributed by atoms with van der Waals surface area (Å²) in [5, 5.41) is 9.27. The van der Waals surface area contributed by atoms with Gasteiger partial charge < -0.3 is 9.84 Å². The highest BCUT2D eigenvalue weighted by Gasteiger charge is 2.37. The highest BCUT2D eigenvalue weighted by molar-refractivity contribution is 7.92. The van der Waals surface area contributed by atoms with Gasteiger partial charge in [-0.05, 0) is 35.7 Å². The number of benzene rings is 2. The molecule has 0 radical (unpaired) electrons. The van der Waals surface area contributed by atoms with Gasteiger partial charge in [0.15, 0.2) is 0 Å². The molecule has 6 nitrogen and oxygen atoms in total. The third-order valence-electron chi connectivity index (χ3n) is 4.15. The minimum atomic E-state index is -3.89. The molecule has 0 unspecified atom stereocenters. The second-order valence-corrected chi connectivity index (χ2v) is 8.03. The van der Waals surface area contributed by atoms with E-state index in [2.05, 4.69) is 0 Å². The van der Waals surface area contributed by atoms with Gasteiger partial charge in [-0.25, -0.2) is 13.2 Å². The van der Waals surface area contributed by atoms with E-state index < -0.39 is 22.1 Å². The Kier molecular flexibility index (Phi) is 4.43. The molecule has 1 atom stereocenters. The van der Waals surface area contributed by atoms with E-state index in [1.165, 1.54) is 0 Å². The van der Waals surface area contributed by atoms with E-state index in [9.17, 15) is 18.3 Å². The van der Waals surface area contributed by atoms with Crippen LogP contribution in [0.3, 0.4) is 0 Å². The molecule has 1 aliphatic rings. The second kappa shape index (κ2) is 6.40. The third kappa shape index (κ3) is 3.19. The molecule has 0 bridgehead atoms. The molecule has 0 aromatic heterocycles. The van der Waals surface area contributed by atoms with Gasteiger partial charge in [0.05, 0.1) is 17.1 Å². The lowest BCUT2D eigenvalue weighted by molar-refractivity contribution is -0.144. The number of nitrogens with zero attached hydrogens (tertiary/aromatic N) is 1. The first-order valence-corrected chi connectivity index (χ1v) is 9.36. The minimum Gasteiger partial charge on any atom is -0.478 e. The Hall–Kier alpha value is -2.54. The van der Waals surface area contributed by atoms with Gasteiger partial charge in [0.2, 0.25) is 6.10 Å². The number of fused-ring (bicyclic) bond motifs is 1. The molecule has 25 heavy (non-hydrogen) atoms. The van der Waals surface area contributed by atoms with Crippen molar-refractivity contribution in [2.24, 2.45) is 0 Å². The van der Waals surface area contributed by atoms with Gasteiger partial charge >= 0.3 is 5.97 Å². The summed E-state index contributed by atoms with van der Waals surface area (Å²) in [4.78, 5) is 11.5. The van der Waals surface area contributed by atoms with Crippen molar-refractivity contribution in [2.45, 2.75) is 30.8 Å². The molecule has 1 heterocycles. The van der Waals surface area contributed by atoms with Gasteiger partial charge in [0, 0.05) is 0 Å². The highest BCUT2D eigenvalue weighted by Crippen LogP contribution is 2.36. The average Bonchev–Trinajstić information content (AvgIpc) is 2.60. The maximum Gasteiger partial charge on any atom is 0.346 e. The molecule has 0 amide bonds. The minimum absolute atomic E-state index is 0.123. The Morgan fingerprint density at radius 2 is 1.80 bits per heavy atom. The molecule has 3 rings (SSSR count). The lowest BCUT2D eigenvalue weighted by atomic mass is 10.0. The first kappa shape index (κ1) is 17.3. The monoisotopic (exact) mass is 361 g/mol. The van der Waals surface area contributed by atoms with Crippen LogP contribution in [0, 0.1) is 0 Å². The zero-order valence-corrected chi connectivity index (χ0v) is 14.7. The smallest absolute Gasteiger partial charge is 0.346 e. The van der Waals surface area contributed by atoms with Gasteiger partial charge in [-0.2, -0.15) is 0 Å². The molecule has 2 aromatic carbocycles. The number of anilines is 1. The molecule has 2 aromatic rings. The zero-order chi connectivity index (χ0) is 18.2. The fourth-order valence-corrected chi connectivity index (χ4v) is 4.19. The van der Waals surface area contributed by atoms with Crippen molar-refractivity contribution < 1.29 is 23.1 Å². The molecular weight excluding hydrogens is 342 g/mol. The van der Waals surface area contributed by atoms with Crippen LogP contribution < -0.4 is 9.04 Å². The summed E-state index contributed by atoms with van der Waals surface area (Å²) in [5.74, 6) is -0.675. The molecular formula is C18H19NO5S. The maximum absolute atomic E-state index is 13.1. The lowest BCUT2D eigenvalue weighted by Crippen LogP contribution is -2.47. The van der Waals surface area contributed by atoms with Crippen LogP contribution in [0.2, 0.25) is 0 Å². The number of carboxylic acids is 1. The van der Waals surface area contributed by atoms with E-state index in [0.717, 1.165) is 9.87 Å². The first-order valence-electron chi connectivity index (χ1n) is 7.92. The number of hydrogen-bond donors (Lipinski definition) is 1. The largest absolute Gasteiger partial charge is 0.478 e. The number of hydrogen-bond acceptors (Lipinski definition) is 4. The molecule has 1 N–H and O–H groups in total. The van der Waals surface area contributed by atoms with Crippen molar-refractivity contribution >= 4 is 21.7 Å². The Morgan fingerprint density at radius 3 is 2.40 bits per heavy atom. The molecule has 0 aliphatic carbocycles. The Bertz CT molecular complexity index is 890. The summed E-state index contributed by atoms with van der Waals surface area (Å²) in [7, 11) is -3.89. The van der Waals surface area contributed by atoms with Gasteiger partial charge in [-0.15, -0.1) is 0 Å². The van der Waals surface area contributed by atoms with Crippen LogP contribution in [0.5, 0.6) is 5.75 Å². The fourth-order valence-electron chi connectivity index (χ4n) is 2.71. The summed E-state index contributed by atoms with van der Waals surface area (Å²) >= 11 is 0. The number of carbonyl (C=O) groups is 1. The van der Waals surface area contributed by atoms with Crippen molar-refractivity contribution in [3.63, 3.8) is 0 Å². The number of para-hydroxylation sites is 2. The molecule has 132 valence electrons. The Labute approximate surface area is 146 Å². The van der Waals surface area contributed by atoms with Gasteiger partial charge in [0.1, 0.15) is 5.75 Å². The van der Waals surface area contributed by atoms with E-state index in [1.54, 1.807) is 48.5 Å². The topological polar surface area (TPSA) is 83.9 Å². The quantitative estimate of drug-likeness (QED) is 0.905. The lowest BCUT2D eigenvalue weighted by Gasteiger charge is -2.33. The van der Waals surface area contributed by atoms with Crippen LogP contribution in [0.15, 0.2) is 53.4 Å². The van der Waals surface area contributed by atoms with Crippen molar-refractivity contribution in [2.75, 3.05) is 10.8 Å². The van der Waals surface area contributed by atoms with Crippen molar-refractivity contribution in [1.29, 1.82) is 0 Å². The number of carboxylic acid groups (broad SMARTS) is 1. The van der Waals surface area contributed by atoms with Crippen LogP contribution in [0.1, 0.15) is 25.3 Å². The van der Waals surface area contributed by atoms with Crippen molar-refractivity contribution in [3.05, 3.63) is 54.1 Å². The molecule has 7 heteroatoms. The van der Waals surface area contributed by atoms with Crippen molar-refractivity contribution in [1.82, 2.24) is 0 Å². The summed E-state index contributed by atoms with van der Waals surface area (Å²) in [6.07, 6.45) is -1.25. The highest BCUT2D eigenvalue weighted by atomic mass is 32.2. The van der Waals surface area contributed by atoms with Crippen molar-refractivity contribution in [3.8, 4) is 5.75 Å². The number of aliphatic carboxylic acids is 1.